The summed E-state index contributed by atoms with van der Waals surface area (Å²) in [5, 5.41) is 3.34. The summed E-state index contributed by atoms with van der Waals surface area (Å²) in [6.45, 7) is 15.1. The summed E-state index contributed by atoms with van der Waals surface area (Å²) in [7, 11) is -1.20. The van der Waals surface area contributed by atoms with Crippen LogP contribution in [0.25, 0.3) is 22.4 Å². The van der Waals surface area contributed by atoms with E-state index in [4.69, 9.17) is 9.72 Å². The number of benzene rings is 2. The minimum atomic E-state index is -1.20. The first-order valence-corrected chi connectivity index (χ1v) is 15.0. The zero-order chi connectivity index (χ0) is 26.3. The van der Waals surface area contributed by atoms with Gasteiger partial charge in [0, 0.05) is 5.56 Å². The van der Waals surface area contributed by atoms with Gasteiger partial charge in [0.1, 0.15) is 6.10 Å². The number of hydrogen-bond donors (Lipinski definition) is 1. The number of anilines is 1. The van der Waals surface area contributed by atoms with Crippen LogP contribution < -0.4 is 5.32 Å². The highest BCUT2D eigenvalue weighted by Crippen LogP contribution is 2.43. The minimum Gasteiger partial charge on any atom is -0.476 e. The third-order valence-corrected chi connectivity index (χ3v) is 8.63. The fraction of sp³-hybridized carbons (Fsp3) is 0.344. The van der Waals surface area contributed by atoms with Gasteiger partial charge in [-0.05, 0) is 90.6 Å². The predicted molar refractivity (Wildman–Crippen MR) is 160 cm³/mol. The zero-order valence-corrected chi connectivity index (χ0v) is 23.5. The maximum absolute atomic E-state index is 6.07. The standard InChI is InChI=1S/C32H40N2OS/c1-21-18-30(34-23(3)35-28-19-27(20-28)32(4,5)6)22(2)33-31(21)26-12-10-24(11-13-26)25-14-16-29(17-15-25)36(7,8)9/h10-18,27-28,34H,3,7-8,19-20H2,1-2,4-6,9H3. The van der Waals surface area contributed by atoms with E-state index in [0.717, 1.165) is 41.0 Å². The van der Waals surface area contributed by atoms with Crippen LogP contribution in [0.3, 0.4) is 0 Å². The Kier molecular flexibility index (Phi) is 7.12. The molecule has 0 aliphatic heterocycles. The molecule has 0 unspecified atom stereocenters. The van der Waals surface area contributed by atoms with Crippen molar-refractivity contribution in [2.75, 3.05) is 11.6 Å². The fourth-order valence-corrected chi connectivity index (χ4v) is 5.46. The van der Waals surface area contributed by atoms with Crippen molar-refractivity contribution in [2.24, 2.45) is 11.3 Å². The topological polar surface area (TPSA) is 34.2 Å². The van der Waals surface area contributed by atoms with Crippen LogP contribution >= 0.6 is 9.21 Å². The fourth-order valence-electron chi connectivity index (χ4n) is 4.67. The van der Waals surface area contributed by atoms with E-state index in [1.54, 1.807) is 0 Å². The SMILES string of the molecule is C=C(Nc1cc(C)c(-c2ccc(-c3ccc(S(=C)(=C)C)cc3)cc2)nc1C)OC1CC(C(C)(C)C)C1. The van der Waals surface area contributed by atoms with Crippen LogP contribution in [-0.4, -0.2) is 29.1 Å². The van der Waals surface area contributed by atoms with E-state index in [2.05, 4.69) is 112 Å². The molecule has 1 aliphatic rings. The molecule has 1 aromatic heterocycles. The van der Waals surface area contributed by atoms with Gasteiger partial charge in [-0.15, -0.1) is 0 Å². The van der Waals surface area contributed by atoms with Crippen molar-refractivity contribution < 1.29 is 4.74 Å². The highest BCUT2D eigenvalue weighted by molar-refractivity contribution is 8.27. The van der Waals surface area contributed by atoms with E-state index in [9.17, 15) is 0 Å². The van der Waals surface area contributed by atoms with Crippen molar-refractivity contribution in [3.63, 3.8) is 0 Å². The lowest BCUT2D eigenvalue weighted by Gasteiger charge is -2.43. The summed E-state index contributed by atoms with van der Waals surface area (Å²) in [4.78, 5) is 6.13. The molecule has 3 aromatic rings. The van der Waals surface area contributed by atoms with Crippen molar-refractivity contribution in [2.45, 2.75) is 58.5 Å². The Morgan fingerprint density at radius 1 is 0.944 bits per heavy atom. The Morgan fingerprint density at radius 2 is 1.47 bits per heavy atom. The van der Waals surface area contributed by atoms with E-state index in [-0.39, 0.29) is 6.10 Å². The van der Waals surface area contributed by atoms with Crippen molar-refractivity contribution in [3.8, 4) is 22.4 Å². The molecule has 1 heterocycles. The molecule has 1 fully saturated rings. The lowest BCUT2D eigenvalue weighted by molar-refractivity contribution is -0.0288. The van der Waals surface area contributed by atoms with E-state index in [0.29, 0.717) is 17.2 Å². The van der Waals surface area contributed by atoms with Crippen LogP contribution in [0.5, 0.6) is 0 Å². The average molecular weight is 501 g/mol. The Morgan fingerprint density at radius 3 is 2.00 bits per heavy atom. The molecule has 36 heavy (non-hydrogen) atoms. The summed E-state index contributed by atoms with van der Waals surface area (Å²) >= 11 is 0. The number of rotatable bonds is 7. The van der Waals surface area contributed by atoms with Gasteiger partial charge < -0.3 is 10.1 Å². The summed E-state index contributed by atoms with van der Waals surface area (Å²) < 4.78 is 6.07. The normalized spacial score (nSPS) is 17.8. The third kappa shape index (κ3) is 5.87. The lowest BCUT2D eigenvalue weighted by Crippen LogP contribution is -2.39. The van der Waals surface area contributed by atoms with Crippen molar-refractivity contribution in [1.29, 1.82) is 0 Å². The minimum absolute atomic E-state index is 0.251. The molecule has 3 nitrogen and oxygen atoms in total. The number of nitrogens with one attached hydrogen (secondary N) is 1. The number of nitrogens with zero attached hydrogens (tertiary/aromatic N) is 1. The quantitative estimate of drug-likeness (QED) is 0.261. The molecule has 1 aliphatic carbocycles. The summed E-state index contributed by atoms with van der Waals surface area (Å²) in [5.74, 6) is 9.72. The molecule has 4 rings (SSSR count). The smallest absolute Gasteiger partial charge is 0.183 e. The van der Waals surface area contributed by atoms with Gasteiger partial charge in [0.15, 0.2) is 5.88 Å². The number of aryl methyl sites for hydroxylation is 2. The van der Waals surface area contributed by atoms with Crippen molar-refractivity contribution in [3.05, 3.63) is 78.3 Å². The summed E-state index contributed by atoms with van der Waals surface area (Å²) in [5.41, 5.74) is 7.78. The van der Waals surface area contributed by atoms with E-state index < -0.39 is 9.21 Å². The molecule has 2 aromatic carbocycles. The Balaban J connectivity index is 1.43. The van der Waals surface area contributed by atoms with Gasteiger partial charge in [-0.25, -0.2) is 0 Å². The van der Waals surface area contributed by atoms with Crippen LogP contribution in [0.2, 0.25) is 0 Å². The average Bonchev–Trinajstić information content (AvgIpc) is 2.77. The Bertz CT molecular complexity index is 1360. The highest BCUT2D eigenvalue weighted by atomic mass is 32.2. The number of aromatic nitrogens is 1. The highest BCUT2D eigenvalue weighted by Gasteiger charge is 2.38. The summed E-state index contributed by atoms with van der Waals surface area (Å²) in [6, 6.07) is 19.3. The zero-order valence-electron chi connectivity index (χ0n) is 22.7. The first-order chi connectivity index (χ1) is 16.8. The molecular formula is C32H40N2OS. The van der Waals surface area contributed by atoms with Gasteiger partial charge in [0.25, 0.3) is 0 Å². The first kappa shape index (κ1) is 26.1. The molecule has 1 saturated carbocycles. The Hall–Kier alpha value is -2.98. The molecular weight excluding hydrogens is 460 g/mol. The monoisotopic (exact) mass is 500 g/mol. The second kappa shape index (κ2) is 9.82. The largest absolute Gasteiger partial charge is 0.476 e. The molecule has 0 atom stereocenters. The van der Waals surface area contributed by atoms with Crippen LogP contribution in [0, 0.1) is 25.2 Å². The first-order valence-electron chi connectivity index (χ1n) is 12.6. The molecule has 0 spiro atoms. The van der Waals surface area contributed by atoms with E-state index in [1.807, 2.05) is 6.92 Å². The molecule has 190 valence electrons. The number of hydrogen-bond acceptors (Lipinski definition) is 3. The molecule has 0 radical (unpaired) electrons. The number of pyridine rings is 1. The Labute approximate surface area is 218 Å². The molecule has 0 saturated heterocycles. The molecule has 4 heteroatoms. The van der Waals surface area contributed by atoms with Gasteiger partial charge in [0.2, 0.25) is 0 Å². The third-order valence-electron chi connectivity index (χ3n) is 7.22. The second-order valence-corrected chi connectivity index (χ2v) is 14.5. The van der Waals surface area contributed by atoms with Gasteiger partial charge >= 0.3 is 0 Å². The van der Waals surface area contributed by atoms with Gasteiger partial charge in [-0.3, -0.25) is 4.98 Å². The van der Waals surface area contributed by atoms with Crippen LogP contribution in [0.15, 0.2) is 72.0 Å². The lowest BCUT2D eigenvalue weighted by atomic mass is 9.67. The van der Waals surface area contributed by atoms with Crippen LogP contribution in [0.1, 0.15) is 44.9 Å². The molecule has 0 bridgehead atoms. The maximum atomic E-state index is 6.07. The number of ether oxygens (including phenoxy) is 1. The second-order valence-electron chi connectivity index (χ2n) is 11.5. The van der Waals surface area contributed by atoms with E-state index >= 15 is 0 Å². The molecule has 0 amide bonds. The van der Waals surface area contributed by atoms with Crippen LogP contribution in [0.4, 0.5) is 5.69 Å². The predicted octanol–water partition coefficient (Wildman–Crippen LogP) is 8.41. The summed E-state index contributed by atoms with van der Waals surface area (Å²) in [6.07, 6.45) is 4.53. The van der Waals surface area contributed by atoms with Crippen molar-refractivity contribution >= 4 is 26.6 Å². The van der Waals surface area contributed by atoms with Gasteiger partial charge in [-0.2, -0.15) is 9.21 Å². The molecule has 1 N–H and O–H groups in total. The van der Waals surface area contributed by atoms with E-state index in [1.165, 1.54) is 16.0 Å². The van der Waals surface area contributed by atoms with Gasteiger partial charge in [0.05, 0.1) is 17.1 Å². The van der Waals surface area contributed by atoms with Crippen LogP contribution in [-0.2, 0) is 4.74 Å². The van der Waals surface area contributed by atoms with Gasteiger partial charge in [-0.1, -0.05) is 68.9 Å². The van der Waals surface area contributed by atoms with Crippen molar-refractivity contribution in [1.82, 2.24) is 4.98 Å². The maximum Gasteiger partial charge on any atom is 0.183 e.